The van der Waals surface area contributed by atoms with Gasteiger partial charge in [-0.05, 0) is 29.9 Å². The first-order valence-electron chi connectivity index (χ1n) is 4.16. The first-order chi connectivity index (χ1) is 7.08. The zero-order chi connectivity index (χ0) is 11.3. The second kappa shape index (κ2) is 5.53. The average Bonchev–Trinajstić information content (AvgIpc) is 2.19. The third-order valence-corrected chi connectivity index (χ3v) is 1.96. The molecule has 0 atom stereocenters. The van der Waals surface area contributed by atoms with Crippen LogP contribution < -0.4 is 16.6 Å². The number of benzene rings is 1. The molecule has 0 heterocycles. The maximum Gasteiger partial charge on any atom is 0.242 e. The van der Waals surface area contributed by atoms with Gasteiger partial charge >= 0.3 is 0 Å². The molecule has 0 aliphatic heterocycles. The minimum Gasteiger partial charge on any atom is -0.375 e. The second-order valence-corrected chi connectivity index (χ2v) is 3.72. The first kappa shape index (κ1) is 11.7. The lowest BCUT2D eigenvalue weighted by atomic mass is 10.1. The number of thiocarbonyl (C=S) groups is 1. The van der Waals surface area contributed by atoms with E-state index in [0.29, 0.717) is 5.02 Å². The van der Waals surface area contributed by atoms with Gasteiger partial charge in [-0.15, -0.1) is 0 Å². The van der Waals surface area contributed by atoms with Crippen molar-refractivity contribution in [2.45, 2.75) is 6.42 Å². The van der Waals surface area contributed by atoms with Gasteiger partial charge in [0.15, 0.2) is 5.11 Å². The Kier molecular flexibility index (Phi) is 4.33. The maximum absolute atomic E-state index is 11.3. The van der Waals surface area contributed by atoms with Gasteiger partial charge in [0.2, 0.25) is 5.91 Å². The lowest BCUT2D eigenvalue weighted by Crippen LogP contribution is -2.44. The molecule has 0 bridgehead atoms. The van der Waals surface area contributed by atoms with Crippen LogP contribution in [0.3, 0.4) is 0 Å². The van der Waals surface area contributed by atoms with Crippen LogP contribution in [0.5, 0.6) is 0 Å². The quantitative estimate of drug-likeness (QED) is 0.530. The van der Waals surface area contributed by atoms with E-state index in [1.807, 2.05) is 0 Å². The third-order valence-electron chi connectivity index (χ3n) is 1.60. The van der Waals surface area contributed by atoms with Gasteiger partial charge in [0.25, 0.3) is 0 Å². The van der Waals surface area contributed by atoms with Crippen molar-refractivity contribution >= 4 is 34.8 Å². The maximum atomic E-state index is 11.3. The van der Waals surface area contributed by atoms with Crippen molar-refractivity contribution in [1.82, 2.24) is 10.9 Å². The number of nitrogens with two attached hydrogens (primary N) is 1. The van der Waals surface area contributed by atoms with E-state index in [-0.39, 0.29) is 17.4 Å². The van der Waals surface area contributed by atoms with Crippen LogP contribution in [0, 0.1) is 0 Å². The normalized spacial score (nSPS) is 9.40. The van der Waals surface area contributed by atoms with Crippen molar-refractivity contribution in [3.63, 3.8) is 0 Å². The number of amides is 1. The number of hydrazine groups is 1. The van der Waals surface area contributed by atoms with Gasteiger partial charge < -0.3 is 5.73 Å². The Morgan fingerprint density at radius 1 is 1.33 bits per heavy atom. The zero-order valence-corrected chi connectivity index (χ0v) is 9.36. The molecule has 0 aliphatic rings. The van der Waals surface area contributed by atoms with Crippen molar-refractivity contribution in [1.29, 1.82) is 0 Å². The van der Waals surface area contributed by atoms with Gasteiger partial charge in [0.05, 0.1) is 6.42 Å². The monoisotopic (exact) mass is 243 g/mol. The molecule has 4 nitrogen and oxygen atoms in total. The Balaban J connectivity index is 2.44. The molecule has 0 fully saturated rings. The summed E-state index contributed by atoms with van der Waals surface area (Å²) < 4.78 is 0. The molecule has 0 saturated carbocycles. The second-order valence-electron chi connectivity index (χ2n) is 2.84. The van der Waals surface area contributed by atoms with E-state index in [0.717, 1.165) is 5.56 Å². The van der Waals surface area contributed by atoms with Gasteiger partial charge in [-0.3, -0.25) is 15.6 Å². The molecule has 0 radical (unpaired) electrons. The average molecular weight is 244 g/mol. The molecule has 6 heteroatoms. The molecule has 1 aromatic carbocycles. The Morgan fingerprint density at radius 3 is 2.47 bits per heavy atom. The van der Waals surface area contributed by atoms with Crippen molar-refractivity contribution in [2.75, 3.05) is 0 Å². The summed E-state index contributed by atoms with van der Waals surface area (Å²) in [6.45, 7) is 0. The minimum atomic E-state index is -0.217. The SMILES string of the molecule is NC(=S)NNC(=O)Cc1ccc(Cl)cc1. The van der Waals surface area contributed by atoms with Gasteiger partial charge in [-0.25, -0.2) is 0 Å². The lowest BCUT2D eigenvalue weighted by Gasteiger charge is -2.06. The predicted molar refractivity (Wildman–Crippen MR) is 63.2 cm³/mol. The van der Waals surface area contributed by atoms with Gasteiger partial charge in [-0.1, -0.05) is 23.7 Å². The molecule has 4 N–H and O–H groups in total. The number of carbonyl (C=O) groups is 1. The standard InChI is InChI=1S/C9H10ClN3OS/c10-7-3-1-6(2-4-7)5-8(14)12-13-9(11)15/h1-4H,5H2,(H,12,14)(H3,11,13,15). The molecule has 0 saturated heterocycles. The Hall–Kier alpha value is -1.33. The van der Waals surface area contributed by atoms with E-state index in [9.17, 15) is 4.79 Å². The third kappa shape index (κ3) is 4.62. The van der Waals surface area contributed by atoms with Gasteiger partial charge in [-0.2, -0.15) is 0 Å². The smallest absolute Gasteiger partial charge is 0.242 e. The molecule has 0 aliphatic carbocycles. The molecule has 0 unspecified atom stereocenters. The molecule has 15 heavy (non-hydrogen) atoms. The molecule has 1 aromatic rings. The molecule has 1 rings (SSSR count). The molecule has 80 valence electrons. The van der Waals surface area contributed by atoms with Crippen LogP contribution in [0.15, 0.2) is 24.3 Å². The van der Waals surface area contributed by atoms with Crippen molar-refractivity contribution in [2.24, 2.45) is 5.73 Å². The highest BCUT2D eigenvalue weighted by Crippen LogP contribution is 2.09. The molecule has 0 aromatic heterocycles. The summed E-state index contributed by atoms with van der Waals surface area (Å²) >= 11 is 10.2. The number of nitrogens with one attached hydrogen (secondary N) is 2. The highest BCUT2D eigenvalue weighted by Gasteiger charge is 2.02. The van der Waals surface area contributed by atoms with E-state index < -0.39 is 0 Å². The van der Waals surface area contributed by atoms with E-state index in [1.54, 1.807) is 24.3 Å². The van der Waals surface area contributed by atoms with E-state index in [2.05, 4.69) is 23.1 Å². The number of carbonyl (C=O) groups excluding carboxylic acids is 1. The predicted octanol–water partition coefficient (Wildman–Crippen LogP) is 0.747. The van der Waals surface area contributed by atoms with Crippen LogP contribution in [0.1, 0.15) is 5.56 Å². The Morgan fingerprint density at radius 2 is 1.93 bits per heavy atom. The number of hydrogen-bond acceptors (Lipinski definition) is 2. The van der Waals surface area contributed by atoms with Crippen LogP contribution in [-0.2, 0) is 11.2 Å². The lowest BCUT2D eigenvalue weighted by molar-refractivity contribution is -0.121. The van der Waals surface area contributed by atoms with Crippen LogP contribution in [0.2, 0.25) is 5.02 Å². The van der Waals surface area contributed by atoms with E-state index >= 15 is 0 Å². The van der Waals surface area contributed by atoms with E-state index in [1.165, 1.54) is 0 Å². The molecular formula is C9H10ClN3OS. The molecular weight excluding hydrogens is 234 g/mol. The summed E-state index contributed by atoms with van der Waals surface area (Å²) in [5.74, 6) is -0.217. The van der Waals surface area contributed by atoms with Crippen LogP contribution in [0.4, 0.5) is 0 Å². The fraction of sp³-hybridized carbons (Fsp3) is 0.111. The van der Waals surface area contributed by atoms with Crippen molar-refractivity contribution in [3.8, 4) is 0 Å². The number of halogens is 1. The fourth-order valence-electron chi connectivity index (χ4n) is 0.963. The highest BCUT2D eigenvalue weighted by atomic mass is 35.5. The van der Waals surface area contributed by atoms with Crippen LogP contribution in [-0.4, -0.2) is 11.0 Å². The van der Waals surface area contributed by atoms with Gasteiger partial charge in [0.1, 0.15) is 0 Å². The van der Waals surface area contributed by atoms with Crippen molar-refractivity contribution in [3.05, 3.63) is 34.9 Å². The largest absolute Gasteiger partial charge is 0.375 e. The summed E-state index contributed by atoms with van der Waals surface area (Å²) in [6, 6.07) is 7.02. The minimum absolute atomic E-state index is 0.0273. The summed E-state index contributed by atoms with van der Waals surface area (Å²) in [6.07, 6.45) is 0.243. The van der Waals surface area contributed by atoms with Gasteiger partial charge in [0, 0.05) is 5.02 Å². The summed E-state index contributed by atoms with van der Waals surface area (Å²) in [4.78, 5) is 11.3. The molecule has 0 spiro atoms. The summed E-state index contributed by atoms with van der Waals surface area (Å²) in [5, 5.41) is 0.667. The molecule has 1 amide bonds. The van der Waals surface area contributed by atoms with E-state index in [4.69, 9.17) is 17.3 Å². The summed E-state index contributed by atoms with van der Waals surface area (Å²) in [5.41, 5.74) is 10.7. The Bertz CT molecular complexity index is 366. The van der Waals surface area contributed by atoms with Crippen LogP contribution in [0.25, 0.3) is 0 Å². The topological polar surface area (TPSA) is 67.2 Å². The first-order valence-corrected chi connectivity index (χ1v) is 4.95. The summed E-state index contributed by atoms with van der Waals surface area (Å²) in [7, 11) is 0. The Labute approximate surface area is 97.8 Å². The van der Waals surface area contributed by atoms with Crippen LogP contribution >= 0.6 is 23.8 Å². The number of rotatable bonds is 2. The highest BCUT2D eigenvalue weighted by molar-refractivity contribution is 7.80. The zero-order valence-electron chi connectivity index (χ0n) is 7.79. The van der Waals surface area contributed by atoms with Crippen molar-refractivity contribution < 1.29 is 4.79 Å². The number of hydrogen-bond donors (Lipinski definition) is 3. The fourth-order valence-corrected chi connectivity index (χ4v) is 1.14.